The fourth-order valence-corrected chi connectivity index (χ4v) is 3.59. The second-order valence-electron chi connectivity index (χ2n) is 7.51. The van der Waals surface area contributed by atoms with Crippen LogP contribution in [0.5, 0.6) is 0 Å². The molecule has 2 aromatic carbocycles. The number of amides is 4. The Bertz CT molecular complexity index is 962. The van der Waals surface area contributed by atoms with Gasteiger partial charge >= 0.3 is 0 Å². The molecule has 1 radical (unpaired) electrons. The van der Waals surface area contributed by atoms with E-state index in [-0.39, 0.29) is 25.0 Å². The number of carbonyl (C=O) groups excluding carboxylic acids is 4. The van der Waals surface area contributed by atoms with Crippen molar-refractivity contribution in [2.45, 2.75) is 25.9 Å². The largest absolute Gasteiger partial charge is 0.368 e. The van der Waals surface area contributed by atoms with Crippen LogP contribution in [0.15, 0.2) is 60.7 Å². The van der Waals surface area contributed by atoms with Crippen LogP contribution in [0.2, 0.25) is 0 Å². The zero-order valence-electron chi connectivity index (χ0n) is 17.5. The van der Waals surface area contributed by atoms with Gasteiger partial charge in [0.25, 0.3) is 0 Å². The predicted octanol–water partition coefficient (Wildman–Crippen LogP) is 1.36. The number of nitrogens with zero attached hydrogens (tertiary/aromatic N) is 3. The Morgan fingerprint density at radius 3 is 2.13 bits per heavy atom. The number of carbonyl (C=O) groups is 4. The van der Waals surface area contributed by atoms with E-state index < -0.39 is 23.8 Å². The molecule has 2 aromatic rings. The third-order valence-electron chi connectivity index (χ3n) is 5.05. The number of para-hydroxylation sites is 2. The molecule has 2 N–H and O–H groups in total. The second-order valence-corrected chi connectivity index (χ2v) is 7.51. The highest BCUT2D eigenvalue weighted by molar-refractivity contribution is 6.17. The quantitative estimate of drug-likeness (QED) is 0.760. The highest BCUT2D eigenvalue weighted by atomic mass is 16.2. The SMILES string of the molecule is CC(C)N(C(=O)CN1C(=O)[CH]C(=O)N(c2ccccc2)CC1C(N)=O)c1ccccc1. The minimum Gasteiger partial charge on any atom is -0.368 e. The lowest BCUT2D eigenvalue weighted by atomic mass is 10.2. The maximum Gasteiger partial charge on any atom is 0.246 e. The molecule has 1 saturated heterocycles. The van der Waals surface area contributed by atoms with Gasteiger partial charge in [-0.05, 0) is 38.1 Å². The summed E-state index contributed by atoms with van der Waals surface area (Å²) in [7, 11) is 0. The first kappa shape index (κ1) is 22.0. The van der Waals surface area contributed by atoms with E-state index >= 15 is 0 Å². The van der Waals surface area contributed by atoms with Crippen molar-refractivity contribution in [3.63, 3.8) is 0 Å². The van der Waals surface area contributed by atoms with Gasteiger partial charge in [0.15, 0.2) is 0 Å². The Kier molecular flexibility index (Phi) is 6.69. The zero-order valence-corrected chi connectivity index (χ0v) is 17.5. The Morgan fingerprint density at radius 2 is 1.58 bits per heavy atom. The van der Waals surface area contributed by atoms with Crippen molar-refractivity contribution in [3.05, 3.63) is 67.1 Å². The van der Waals surface area contributed by atoms with Gasteiger partial charge in [-0.15, -0.1) is 0 Å². The average molecular weight is 421 g/mol. The maximum absolute atomic E-state index is 13.2. The van der Waals surface area contributed by atoms with Gasteiger partial charge in [0.2, 0.25) is 23.6 Å². The lowest BCUT2D eigenvalue weighted by Gasteiger charge is -2.33. The van der Waals surface area contributed by atoms with Crippen LogP contribution in [-0.2, 0) is 19.2 Å². The van der Waals surface area contributed by atoms with Crippen LogP contribution in [0.25, 0.3) is 0 Å². The van der Waals surface area contributed by atoms with Crippen LogP contribution < -0.4 is 15.5 Å². The minimum atomic E-state index is -1.15. The van der Waals surface area contributed by atoms with Crippen molar-refractivity contribution in [3.8, 4) is 0 Å². The number of primary amides is 1. The van der Waals surface area contributed by atoms with Gasteiger partial charge in [0.1, 0.15) is 19.0 Å². The number of anilines is 2. The van der Waals surface area contributed by atoms with Crippen LogP contribution in [0, 0.1) is 6.42 Å². The first-order valence-corrected chi connectivity index (χ1v) is 9.98. The third-order valence-corrected chi connectivity index (χ3v) is 5.05. The van der Waals surface area contributed by atoms with Crippen molar-refractivity contribution in [1.29, 1.82) is 0 Å². The first-order chi connectivity index (χ1) is 14.8. The first-order valence-electron chi connectivity index (χ1n) is 9.98. The highest BCUT2D eigenvalue weighted by Crippen LogP contribution is 2.22. The van der Waals surface area contributed by atoms with Gasteiger partial charge in [0, 0.05) is 17.4 Å². The Labute approximate surface area is 181 Å². The molecule has 1 aliphatic heterocycles. The summed E-state index contributed by atoms with van der Waals surface area (Å²) in [5.74, 6) is -2.46. The molecular formula is C23H25N4O4. The Balaban J connectivity index is 1.90. The molecule has 4 amide bonds. The smallest absolute Gasteiger partial charge is 0.246 e. The van der Waals surface area contributed by atoms with E-state index in [1.807, 2.05) is 32.0 Å². The molecule has 3 rings (SSSR count). The molecule has 1 atom stereocenters. The van der Waals surface area contributed by atoms with E-state index in [0.29, 0.717) is 11.4 Å². The van der Waals surface area contributed by atoms with E-state index in [9.17, 15) is 19.2 Å². The number of nitrogens with two attached hydrogens (primary N) is 1. The van der Waals surface area contributed by atoms with Gasteiger partial charge < -0.3 is 20.4 Å². The molecule has 1 heterocycles. The average Bonchev–Trinajstić information content (AvgIpc) is 2.85. The molecule has 0 aromatic heterocycles. The molecule has 1 fully saturated rings. The number of rotatable bonds is 6. The van der Waals surface area contributed by atoms with Crippen LogP contribution in [0.3, 0.4) is 0 Å². The van der Waals surface area contributed by atoms with Gasteiger partial charge in [-0.2, -0.15) is 0 Å². The summed E-state index contributed by atoms with van der Waals surface area (Å²) in [5, 5.41) is 0. The van der Waals surface area contributed by atoms with Crippen molar-refractivity contribution in [2.75, 3.05) is 22.9 Å². The third kappa shape index (κ3) is 4.91. The summed E-state index contributed by atoms with van der Waals surface area (Å²) in [5.41, 5.74) is 6.79. The topological polar surface area (TPSA) is 104 Å². The van der Waals surface area contributed by atoms with Crippen LogP contribution in [0.1, 0.15) is 13.8 Å². The molecule has 1 unspecified atom stereocenters. The Morgan fingerprint density at radius 1 is 1.00 bits per heavy atom. The van der Waals surface area contributed by atoms with E-state index in [2.05, 4.69) is 0 Å². The van der Waals surface area contributed by atoms with E-state index in [4.69, 9.17) is 5.73 Å². The maximum atomic E-state index is 13.2. The monoisotopic (exact) mass is 421 g/mol. The number of hydrogen-bond donors (Lipinski definition) is 1. The molecule has 8 nitrogen and oxygen atoms in total. The standard InChI is InChI=1S/C23H25N4O4/c1-16(2)27(18-11-7-4-8-12-18)22(30)15-26-19(23(24)31)14-25(20(28)13-21(26)29)17-9-5-3-6-10-17/h3-13,16,19H,14-15H2,1-2H3,(H2,24,31). The summed E-state index contributed by atoms with van der Waals surface area (Å²) >= 11 is 0. The number of benzene rings is 2. The van der Waals surface area contributed by atoms with E-state index in [0.717, 1.165) is 11.3 Å². The molecule has 0 spiro atoms. The molecule has 8 heteroatoms. The lowest BCUT2D eigenvalue weighted by Crippen LogP contribution is -2.55. The number of hydrogen-bond acceptors (Lipinski definition) is 4. The lowest BCUT2D eigenvalue weighted by molar-refractivity contribution is -0.139. The van der Waals surface area contributed by atoms with Crippen molar-refractivity contribution in [2.24, 2.45) is 5.73 Å². The van der Waals surface area contributed by atoms with Crippen LogP contribution in [0.4, 0.5) is 11.4 Å². The van der Waals surface area contributed by atoms with Crippen molar-refractivity contribution < 1.29 is 19.2 Å². The van der Waals surface area contributed by atoms with Gasteiger partial charge in [-0.1, -0.05) is 36.4 Å². The molecule has 0 aliphatic carbocycles. The van der Waals surface area contributed by atoms with Gasteiger partial charge in [0.05, 0.1) is 6.54 Å². The predicted molar refractivity (Wildman–Crippen MR) is 117 cm³/mol. The molecule has 0 saturated carbocycles. The molecule has 1 aliphatic rings. The summed E-state index contributed by atoms with van der Waals surface area (Å²) in [4.78, 5) is 54.9. The second kappa shape index (κ2) is 9.42. The van der Waals surface area contributed by atoms with Crippen molar-refractivity contribution >= 4 is 35.0 Å². The molecule has 161 valence electrons. The van der Waals surface area contributed by atoms with E-state index in [1.54, 1.807) is 47.4 Å². The summed E-state index contributed by atoms with van der Waals surface area (Å²) in [6.45, 7) is 3.19. The van der Waals surface area contributed by atoms with E-state index in [1.165, 1.54) is 4.90 Å². The summed E-state index contributed by atoms with van der Waals surface area (Å²) < 4.78 is 0. The Hall–Kier alpha value is -3.68. The highest BCUT2D eigenvalue weighted by Gasteiger charge is 2.39. The fourth-order valence-electron chi connectivity index (χ4n) is 3.59. The normalized spacial score (nSPS) is 16.9. The van der Waals surface area contributed by atoms with Gasteiger partial charge in [-0.3, -0.25) is 19.2 Å². The van der Waals surface area contributed by atoms with Crippen molar-refractivity contribution in [1.82, 2.24) is 4.90 Å². The van der Waals surface area contributed by atoms with Crippen LogP contribution >= 0.6 is 0 Å². The fraction of sp³-hybridized carbons (Fsp3) is 0.261. The molecular weight excluding hydrogens is 396 g/mol. The molecule has 0 bridgehead atoms. The zero-order chi connectivity index (χ0) is 22.5. The summed E-state index contributed by atoms with van der Waals surface area (Å²) in [6, 6.07) is 16.4. The minimum absolute atomic E-state index is 0.138. The van der Waals surface area contributed by atoms with Gasteiger partial charge in [-0.25, -0.2) is 0 Å². The molecule has 31 heavy (non-hydrogen) atoms. The van der Waals surface area contributed by atoms with Crippen LogP contribution in [-0.4, -0.2) is 53.7 Å². The summed E-state index contributed by atoms with van der Waals surface area (Å²) in [6.07, 6.45) is 0.894.